The maximum Gasteiger partial charge on any atom is 0.172 e. The largest absolute Gasteiger partial charge is 0.350 e. The Hall–Kier alpha value is -4.99. The van der Waals surface area contributed by atoms with Gasteiger partial charge in [-0.3, -0.25) is 34.3 Å². The molecule has 0 amide bonds. The van der Waals surface area contributed by atoms with Crippen molar-refractivity contribution in [2.24, 2.45) is 0 Å². The van der Waals surface area contributed by atoms with E-state index in [9.17, 15) is 0 Å². The van der Waals surface area contributed by atoms with E-state index >= 15 is 0 Å². The molecule has 0 aromatic rings. The SMILES string of the molecule is CC1N(CC#N)CN(CC#N)CN1CC#N.CC1N(CC#N)CN(CC#N)CN1CC#N.CCOC1N(CC#N)CN(CC#N)CN1CC#N. The van der Waals surface area contributed by atoms with Crippen LogP contribution in [0.3, 0.4) is 0 Å². The predicted molar refractivity (Wildman–Crippen MR) is 174 cm³/mol. The van der Waals surface area contributed by atoms with E-state index in [1.54, 1.807) is 0 Å². The quantitative estimate of drug-likeness (QED) is 0.241. The van der Waals surface area contributed by atoms with E-state index in [2.05, 4.69) is 54.6 Å². The molecular formula is C31H44N18O. The Morgan fingerprint density at radius 1 is 0.400 bits per heavy atom. The van der Waals surface area contributed by atoms with Gasteiger partial charge in [0.25, 0.3) is 0 Å². The predicted octanol–water partition coefficient (Wildman–Crippen LogP) is -0.813. The first kappa shape index (κ1) is 43.0. The summed E-state index contributed by atoms with van der Waals surface area (Å²) in [6.07, 6.45) is -0.243. The van der Waals surface area contributed by atoms with Gasteiger partial charge in [-0.25, -0.2) is 9.80 Å². The van der Waals surface area contributed by atoms with Crippen LogP contribution in [0, 0.1) is 102 Å². The van der Waals surface area contributed by atoms with E-state index in [4.69, 9.17) is 52.1 Å². The summed E-state index contributed by atoms with van der Waals surface area (Å²) in [5.74, 6) is 0. The summed E-state index contributed by atoms with van der Waals surface area (Å²) in [6.45, 7) is 12.3. The lowest BCUT2D eigenvalue weighted by Gasteiger charge is -2.45. The second-order valence-electron chi connectivity index (χ2n) is 11.3. The van der Waals surface area contributed by atoms with Gasteiger partial charge in [0.2, 0.25) is 0 Å². The van der Waals surface area contributed by atoms with E-state index in [1.165, 1.54) is 0 Å². The molecule has 3 heterocycles. The van der Waals surface area contributed by atoms with Crippen molar-refractivity contribution in [3.8, 4) is 54.6 Å². The van der Waals surface area contributed by atoms with Crippen molar-refractivity contribution >= 4 is 0 Å². The lowest BCUT2D eigenvalue weighted by Crippen LogP contribution is -2.62. The third kappa shape index (κ3) is 14.2. The van der Waals surface area contributed by atoms with Gasteiger partial charge in [0.05, 0.1) is 166 Å². The molecule has 19 heteroatoms. The minimum Gasteiger partial charge on any atom is -0.350 e. The lowest BCUT2D eigenvalue weighted by molar-refractivity contribution is -0.199. The number of nitriles is 9. The van der Waals surface area contributed by atoms with Crippen molar-refractivity contribution in [3.05, 3.63) is 0 Å². The van der Waals surface area contributed by atoms with Crippen LogP contribution in [0.5, 0.6) is 0 Å². The van der Waals surface area contributed by atoms with Gasteiger partial charge in [-0.15, -0.1) is 0 Å². The molecule has 264 valence electrons. The Bertz CT molecular complexity index is 1260. The molecule has 0 N–H and O–H groups in total. The van der Waals surface area contributed by atoms with Crippen molar-refractivity contribution in [3.63, 3.8) is 0 Å². The molecule has 0 spiro atoms. The molecule has 3 aliphatic heterocycles. The highest BCUT2D eigenvalue weighted by Gasteiger charge is 2.33. The lowest BCUT2D eigenvalue weighted by atomic mass is 10.3. The van der Waals surface area contributed by atoms with Gasteiger partial charge >= 0.3 is 0 Å². The molecule has 3 aliphatic rings. The summed E-state index contributed by atoms with van der Waals surface area (Å²) >= 11 is 0. The highest BCUT2D eigenvalue weighted by Crippen LogP contribution is 2.16. The third-order valence-electron chi connectivity index (χ3n) is 7.87. The fraction of sp³-hybridized carbons (Fsp3) is 0.710. The topological polar surface area (TPSA) is 252 Å². The molecular weight excluding hydrogens is 640 g/mol. The molecule has 0 saturated carbocycles. The van der Waals surface area contributed by atoms with E-state index < -0.39 is 0 Å². The van der Waals surface area contributed by atoms with Gasteiger partial charge < -0.3 is 4.74 Å². The number of hydrogen-bond acceptors (Lipinski definition) is 19. The highest BCUT2D eigenvalue weighted by atomic mass is 16.5. The Labute approximate surface area is 295 Å². The van der Waals surface area contributed by atoms with Crippen LogP contribution in [-0.2, 0) is 4.74 Å². The van der Waals surface area contributed by atoms with Gasteiger partial charge in [-0.2, -0.15) is 47.4 Å². The Morgan fingerprint density at radius 3 is 0.840 bits per heavy atom. The normalized spacial score (nSPS) is 19.6. The van der Waals surface area contributed by atoms with Gasteiger partial charge in [0.1, 0.15) is 0 Å². The molecule has 50 heavy (non-hydrogen) atoms. The van der Waals surface area contributed by atoms with Gasteiger partial charge in [0.15, 0.2) is 6.35 Å². The monoisotopic (exact) mass is 684 g/mol. The van der Waals surface area contributed by atoms with Crippen molar-refractivity contribution in [2.75, 3.05) is 106 Å². The van der Waals surface area contributed by atoms with Crippen LogP contribution < -0.4 is 0 Å². The molecule has 0 bridgehead atoms. The second-order valence-corrected chi connectivity index (χ2v) is 11.3. The first-order chi connectivity index (χ1) is 24.2. The van der Waals surface area contributed by atoms with Crippen LogP contribution in [0.1, 0.15) is 20.8 Å². The average Bonchev–Trinajstić information content (AvgIpc) is 3.08. The molecule has 0 aromatic heterocycles. The van der Waals surface area contributed by atoms with Crippen LogP contribution in [0.25, 0.3) is 0 Å². The molecule has 0 atom stereocenters. The van der Waals surface area contributed by atoms with Crippen molar-refractivity contribution in [1.82, 2.24) is 44.1 Å². The average molecular weight is 685 g/mol. The van der Waals surface area contributed by atoms with Gasteiger partial charge in [-0.05, 0) is 20.8 Å². The minimum absolute atomic E-state index is 0.0641. The smallest absolute Gasteiger partial charge is 0.172 e. The van der Waals surface area contributed by atoms with Crippen LogP contribution in [0.4, 0.5) is 0 Å². The maximum atomic E-state index is 8.82. The number of rotatable bonds is 11. The summed E-state index contributed by atoms with van der Waals surface area (Å²) in [4.78, 5) is 17.1. The fourth-order valence-corrected chi connectivity index (χ4v) is 5.47. The second kappa shape index (κ2) is 25.0. The standard InChI is InChI=1S/C11H16N6O.2C10H14N6/c1-2-18-11-16(7-4-13)9-15(6-3-12)10-17(11)8-5-14;2*1-10-15(6-3-12)8-14(5-2-11)9-16(10)7-4-13/h11H,2,6-10H2,1H3;2*10H,5-9H2,1H3. The zero-order valence-corrected chi connectivity index (χ0v) is 29.0. The third-order valence-corrected chi connectivity index (χ3v) is 7.87. The minimum atomic E-state index is -0.371. The van der Waals surface area contributed by atoms with Crippen molar-refractivity contribution in [1.29, 1.82) is 47.4 Å². The number of hydrogen-bond donors (Lipinski definition) is 0. The van der Waals surface area contributed by atoms with E-state index in [1.807, 2.05) is 64.9 Å². The van der Waals surface area contributed by atoms with Crippen molar-refractivity contribution in [2.45, 2.75) is 39.5 Å². The molecule has 0 aromatic carbocycles. The van der Waals surface area contributed by atoms with E-state index in [-0.39, 0.29) is 38.3 Å². The van der Waals surface area contributed by atoms with E-state index in [0.717, 1.165) is 0 Å². The molecule has 0 aliphatic carbocycles. The molecule has 3 saturated heterocycles. The van der Waals surface area contributed by atoms with Crippen LogP contribution in [0.15, 0.2) is 0 Å². The van der Waals surface area contributed by atoms with Crippen LogP contribution in [0.2, 0.25) is 0 Å². The first-order valence-electron chi connectivity index (χ1n) is 15.8. The van der Waals surface area contributed by atoms with Gasteiger partial charge in [-0.1, -0.05) is 0 Å². The van der Waals surface area contributed by atoms with E-state index in [0.29, 0.717) is 85.9 Å². The Kier molecular flexibility index (Phi) is 21.6. The number of nitrogens with zero attached hydrogens (tertiary/aromatic N) is 18. The molecule has 3 rings (SSSR count). The maximum absolute atomic E-state index is 8.82. The van der Waals surface area contributed by atoms with Crippen LogP contribution >= 0.6 is 0 Å². The first-order valence-corrected chi connectivity index (χ1v) is 15.8. The number of ether oxygens (including phenoxy) is 1. The highest BCUT2D eigenvalue weighted by molar-refractivity contribution is 4.91. The molecule has 0 radical (unpaired) electrons. The zero-order valence-electron chi connectivity index (χ0n) is 29.0. The summed E-state index contributed by atoms with van der Waals surface area (Å²) in [5.41, 5.74) is 0. The molecule has 19 nitrogen and oxygen atoms in total. The summed E-state index contributed by atoms with van der Waals surface area (Å²) in [7, 11) is 0. The Morgan fingerprint density at radius 2 is 0.620 bits per heavy atom. The summed E-state index contributed by atoms with van der Waals surface area (Å²) < 4.78 is 5.58. The summed E-state index contributed by atoms with van der Waals surface area (Å²) in [6, 6.07) is 18.8. The summed E-state index contributed by atoms with van der Waals surface area (Å²) in [5, 5.41) is 78.5. The Balaban J connectivity index is 0.000000376. The molecule has 0 unspecified atom stereocenters. The van der Waals surface area contributed by atoms with Gasteiger partial charge in [0, 0.05) is 6.61 Å². The molecule has 3 fully saturated rings. The zero-order chi connectivity index (χ0) is 37.3. The van der Waals surface area contributed by atoms with Crippen LogP contribution in [-0.4, -0.2) is 168 Å². The van der Waals surface area contributed by atoms with Crippen molar-refractivity contribution < 1.29 is 4.74 Å². The fourth-order valence-electron chi connectivity index (χ4n) is 5.47.